The molecular formula is C28H25BrCl2N2O3S. The fraction of sp³-hybridized carbons (Fsp3) is 0.429. The lowest BCUT2D eigenvalue weighted by Crippen LogP contribution is -2.44. The number of ether oxygens (including phenoxy) is 1. The van der Waals surface area contributed by atoms with Crippen LogP contribution in [0.4, 0.5) is 0 Å². The molecule has 2 bridgehead atoms. The van der Waals surface area contributed by atoms with E-state index < -0.39 is 5.60 Å². The van der Waals surface area contributed by atoms with Crippen LogP contribution in [0.15, 0.2) is 45.4 Å². The van der Waals surface area contributed by atoms with Crippen molar-refractivity contribution in [3.05, 3.63) is 67.2 Å². The summed E-state index contributed by atoms with van der Waals surface area (Å²) in [4.78, 5) is 4.86. The van der Waals surface area contributed by atoms with Crippen molar-refractivity contribution in [1.29, 1.82) is 0 Å². The van der Waals surface area contributed by atoms with Crippen molar-refractivity contribution >= 4 is 60.7 Å². The third kappa shape index (κ3) is 4.17. The van der Waals surface area contributed by atoms with Crippen LogP contribution < -0.4 is 0 Å². The number of rotatable bonds is 6. The molecule has 1 N–H and O–H groups in total. The average molecular weight is 620 g/mol. The second-order valence-electron chi connectivity index (χ2n) is 10.6. The highest BCUT2D eigenvalue weighted by Gasteiger charge is 2.56. The van der Waals surface area contributed by atoms with Gasteiger partial charge in [0, 0.05) is 21.5 Å². The van der Waals surface area contributed by atoms with E-state index in [4.69, 9.17) is 37.4 Å². The Balaban J connectivity index is 1.13. The fourth-order valence-electron chi connectivity index (χ4n) is 6.31. The van der Waals surface area contributed by atoms with Gasteiger partial charge in [-0.1, -0.05) is 50.4 Å². The molecule has 2 heterocycles. The molecule has 7 rings (SSSR count). The Labute approximate surface area is 237 Å². The molecule has 0 radical (unpaired) electrons. The smallest absolute Gasteiger partial charge is 0.145 e. The van der Waals surface area contributed by atoms with Gasteiger partial charge >= 0.3 is 0 Å². The summed E-state index contributed by atoms with van der Waals surface area (Å²) < 4.78 is 14.5. The van der Waals surface area contributed by atoms with Crippen molar-refractivity contribution in [2.75, 3.05) is 0 Å². The maximum atomic E-state index is 12.0. The molecule has 3 saturated carbocycles. The fourth-order valence-corrected chi connectivity index (χ4v) is 8.65. The quantitative estimate of drug-likeness (QED) is 0.234. The van der Waals surface area contributed by atoms with Crippen LogP contribution in [-0.2, 0) is 16.9 Å². The van der Waals surface area contributed by atoms with E-state index in [9.17, 15) is 5.11 Å². The van der Waals surface area contributed by atoms with Gasteiger partial charge in [0.15, 0.2) is 0 Å². The zero-order valence-corrected chi connectivity index (χ0v) is 23.8. The second-order valence-corrected chi connectivity index (χ2v) is 13.3. The van der Waals surface area contributed by atoms with E-state index in [1.54, 1.807) is 11.3 Å². The summed E-state index contributed by atoms with van der Waals surface area (Å²) in [6.07, 6.45) is 5.83. The molecule has 5 nitrogen and oxygen atoms in total. The monoisotopic (exact) mass is 618 g/mol. The standard InChI is InChI=1S/C28H25BrCl2N2O3S/c29-17-8-9-22-23(12-17)37-27(32-22)28(34)15-6-7-16(28)11-18(10-15)35-13-19-25(33-36-26(19)14-4-5-14)24-20(30)2-1-3-21(24)31/h1-3,8-9,12,14-16,18,34H,4-7,10-11,13H2. The number of hydrogen-bond acceptors (Lipinski definition) is 6. The molecule has 2 aromatic heterocycles. The molecule has 3 aliphatic carbocycles. The van der Waals surface area contributed by atoms with Crippen LogP contribution in [0.5, 0.6) is 0 Å². The van der Waals surface area contributed by atoms with Gasteiger partial charge in [0.25, 0.3) is 0 Å². The number of thiazole rings is 1. The van der Waals surface area contributed by atoms with Gasteiger partial charge in [-0.3, -0.25) is 0 Å². The van der Waals surface area contributed by atoms with Crippen molar-refractivity contribution in [2.45, 2.75) is 62.8 Å². The number of halogens is 3. The molecule has 2 unspecified atom stereocenters. The van der Waals surface area contributed by atoms with E-state index in [-0.39, 0.29) is 17.9 Å². The van der Waals surface area contributed by atoms with Gasteiger partial charge in [0.05, 0.1) is 33.0 Å². The lowest BCUT2D eigenvalue weighted by molar-refractivity contribution is -0.116. The Morgan fingerprint density at radius 1 is 1.08 bits per heavy atom. The molecule has 2 aromatic carbocycles. The van der Waals surface area contributed by atoms with Crippen LogP contribution in [0.1, 0.15) is 60.8 Å². The van der Waals surface area contributed by atoms with E-state index in [1.165, 1.54) is 0 Å². The van der Waals surface area contributed by atoms with Gasteiger partial charge < -0.3 is 14.4 Å². The summed E-state index contributed by atoms with van der Waals surface area (Å²) in [5, 5.41) is 18.3. The first kappa shape index (κ1) is 24.6. The highest BCUT2D eigenvalue weighted by molar-refractivity contribution is 9.10. The maximum absolute atomic E-state index is 12.0. The first-order chi connectivity index (χ1) is 17.9. The minimum atomic E-state index is -0.886. The van der Waals surface area contributed by atoms with Crippen molar-refractivity contribution < 1.29 is 14.4 Å². The van der Waals surface area contributed by atoms with E-state index >= 15 is 0 Å². The van der Waals surface area contributed by atoms with Gasteiger partial charge in [-0.25, -0.2) is 4.98 Å². The van der Waals surface area contributed by atoms with Crippen molar-refractivity contribution in [3.63, 3.8) is 0 Å². The van der Waals surface area contributed by atoms with E-state index in [0.29, 0.717) is 33.8 Å². The number of nitrogens with zero attached hydrogens (tertiary/aromatic N) is 2. The molecule has 0 spiro atoms. The Morgan fingerprint density at radius 3 is 2.51 bits per heavy atom. The normalized spacial score (nSPS) is 27.3. The number of aromatic nitrogens is 2. The topological polar surface area (TPSA) is 68.4 Å². The average Bonchev–Trinajstić information content (AvgIpc) is 3.46. The summed E-state index contributed by atoms with van der Waals surface area (Å²) >= 11 is 18.2. The van der Waals surface area contributed by atoms with E-state index in [0.717, 1.165) is 69.5 Å². The predicted octanol–water partition coefficient (Wildman–Crippen LogP) is 8.49. The molecular weight excluding hydrogens is 595 g/mol. The molecule has 2 atom stereocenters. The van der Waals surface area contributed by atoms with Crippen molar-refractivity contribution in [2.24, 2.45) is 11.8 Å². The molecule has 0 amide bonds. The molecule has 9 heteroatoms. The number of benzene rings is 2. The van der Waals surface area contributed by atoms with Crippen molar-refractivity contribution in [1.82, 2.24) is 10.1 Å². The SMILES string of the molecule is OC1(c2nc3ccc(Br)cc3s2)C2CCC1CC(OCc1c(-c3c(Cl)cccc3Cl)noc1C1CC1)C2. The van der Waals surface area contributed by atoms with E-state index in [1.807, 2.05) is 30.3 Å². The number of hydrogen-bond donors (Lipinski definition) is 1. The van der Waals surface area contributed by atoms with E-state index in [2.05, 4.69) is 27.2 Å². The first-order valence-corrected chi connectivity index (χ1v) is 15.1. The predicted molar refractivity (Wildman–Crippen MR) is 149 cm³/mol. The molecule has 4 aromatic rings. The van der Waals surface area contributed by atoms with Crippen LogP contribution in [0.2, 0.25) is 10.0 Å². The Bertz CT molecular complexity index is 1470. The largest absolute Gasteiger partial charge is 0.382 e. The summed E-state index contributed by atoms with van der Waals surface area (Å²) in [6, 6.07) is 11.6. The minimum absolute atomic E-state index is 0.0535. The molecule has 3 aliphatic rings. The summed E-state index contributed by atoms with van der Waals surface area (Å²) in [7, 11) is 0. The number of aliphatic hydroxyl groups is 1. The maximum Gasteiger partial charge on any atom is 0.145 e. The van der Waals surface area contributed by atoms with Gasteiger partial charge in [-0.05, 0) is 80.7 Å². The van der Waals surface area contributed by atoms with Crippen LogP contribution in [0, 0.1) is 11.8 Å². The van der Waals surface area contributed by atoms with Gasteiger partial charge in [-0.2, -0.15) is 0 Å². The number of fused-ring (bicyclic) bond motifs is 3. The minimum Gasteiger partial charge on any atom is -0.382 e. The molecule has 3 fully saturated rings. The van der Waals surface area contributed by atoms with Gasteiger partial charge in [0.2, 0.25) is 0 Å². The summed E-state index contributed by atoms with van der Waals surface area (Å²) in [5.41, 5.74) is 2.37. The van der Waals surface area contributed by atoms with Gasteiger partial charge in [-0.15, -0.1) is 11.3 Å². The molecule has 0 saturated heterocycles. The molecule has 0 aliphatic heterocycles. The second kappa shape index (κ2) is 9.32. The first-order valence-electron chi connectivity index (χ1n) is 12.7. The third-order valence-corrected chi connectivity index (χ3v) is 10.6. The van der Waals surface area contributed by atoms with Crippen LogP contribution >= 0.6 is 50.5 Å². The van der Waals surface area contributed by atoms with Gasteiger partial charge in [0.1, 0.15) is 22.1 Å². The Kier molecular flexibility index (Phi) is 6.18. The van der Waals surface area contributed by atoms with Crippen LogP contribution in [0.3, 0.4) is 0 Å². The zero-order chi connectivity index (χ0) is 25.3. The van der Waals surface area contributed by atoms with Crippen molar-refractivity contribution in [3.8, 4) is 11.3 Å². The highest BCUT2D eigenvalue weighted by Crippen LogP contribution is 2.57. The van der Waals surface area contributed by atoms with Crippen LogP contribution in [0.25, 0.3) is 21.5 Å². The lowest BCUT2D eigenvalue weighted by Gasteiger charge is -2.41. The lowest BCUT2D eigenvalue weighted by atomic mass is 9.73. The summed E-state index contributed by atoms with van der Waals surface area (Å²) in [6.45, 7) is 0.393. The highest BCUT2D eigenvalue weighted by atomic mass is 79.9. The third-order valence-electron chi connectivity index (χ3n) is 8.33. The summed E-state index contributed by atoms with van der Waals surface area (Å²) in [5.74, 6) is 1.53. The molecule has 37 heavy (non-hydrogen) atoms. The molecule has 192 valence electrons. The Morgan fingerprint density at radius 2 is 1.81 bits per heavy atom. The van der Waals surface area contributed by atoms with Crippen LogP contribution in [-0.4, -0.2) is 21.4 Å². The Hall–Kier alpha value is -1.48. The zero-order valence-electron chi connectivity index (χ0n) is 19.9.